The number of hydrogen-bond donors (Lipinski definition) is 2. The first kappa shape index (κ1) is 15.0. The summed E-state index contributed by atoms with van der Waals surface area (Å²) in [6, 6.07) is 11.2. The summed E-state index contributed by atoms with van der Waals surface area (Å²) in [7, 11) is 1.68. The molecule has 0 unspecified atom stereocenters. The molecule has 0 bridgehead atoms. The third-order valence-corrected chi connectivity index (χ3v) is 3.15. The van der Waals surface area contributed by atoms with E-state index in [1.165, 1.54) is 4.90 Å². The number of carbonyl (C=O) groups excluding carboxylic acids is 1. The summed E-state index contributed by atoms with van der Waals surface area (Å²) < 4.78 is 0. The molecule has 0 saturated heterocycles. The number of benzene rings is 1. The molecule has 2 N–H and O–H groups in total. The van der Waals surface area contributed by atoms with E-state index >= 15 is 0 Å². The van der Waals surface area contributed by atoms with Crippen LogP contribution in [-0.4, -0.2) is 41.1 Å². The number of para-hydroxylation sites is 1. The Balaban J connectivity index is 2.11. The highest BCUT2D eigenvalue weighted by molar-refractivity contribution is 5.99. The van der Waals surface area contributed by atoms with Crippen LogP contribution in [0.5, 0.6) is 0 Å². The Morgan fingerprint density at radius 3 is 2.81 bits per heavy atom. The topological polar surface area (TPSA) is 65.5 Å². The highest BCUT2D eigenvalue weighted by Gasteiger charge is 2.14. The molecule has 0 fully saturated rings. The second-order valence-electron chi connectivity index (χ2n) is 4.71. The Hall–Kier alpha value is -2.40. The fourth-order valence-electron chi connectivity index (χ4n) is 1.98. The number of aromatic nitrogens is 1. The molecule has 1 aromatic carbocycles. The smallest absolute Gasteiger partial charge is 0.255 e. The Bertz CT molecular complexity index is 587. The lowest BCUT2D eigenvalue weighted by atomic mass is 10.1. The van der Waals surface area contributed by atoms with Crippen molar-refractivity contribution < 1.29 is 9.90 Å². The standard InChI is InChI=1S/C16H19N3O2/c1-19(9-10-20)16(21)14-6-2-3-7-15(14)18-12-13-5-4-8-17-11-13/h2-8,11,18,20H,9-10,12H2,1H3. The average Bonchev–Trinajstić information content (AvgIpc) is 2.54. The van der Waals surface area contributed by atoms with E-state index in [-0.39, 0.29) is 12.5 Å². The molecular weight excluding hydrogens is 266 g/mol. The van der Waals surface area contributed by atoms with Gasteiger partial charge in [-0.15, -0.1) is 0 Å². The first-order valence-corrected chi connectivity index (χ1v) is 6.80. The van der Waals surface area contributed by atoms with Gasteiger partial charge in [0.25, 0.3) is 5.91 Å². The number of amides is 1. The van der Waals surface area contributed by atoms with Crippen LogP contribution in [-0.2, 0) is 6.54 Å². The lowest BCUT2D eigenvalue weighted by molar-refractivity contribution is 0.0768. The second kappa shape index (κ2) is 7.40. The van der Waals surface area contributed by atoms with Crippen molar-refractivity contribution in [3.05, 3.63) is 59.9 Å². The molecule has 0 radical (unpaired) electrons. The van der Waals surface area contributed by atoms with Crippen LogP contribution in [0.3, 0.4) is 0 Å². The monoisotopic (exact) mass is 285 g/mol. The predicted molar refractivity (Wildman–Crippen MR) is 82.1 cm³/mol. The third kappa shape index (κ3) is 4.03. The van der Waals surface area contributed by atoms with Gasteiger partial charge in [0.1, 0.15) is 0 Å². The van der Waals surface area contributed by atoms with Crippen LogP contribution in [0.2, 0.25) is 0 Å². The molecule has 1 aromatic heterocycles. The van der Waals surface area contributed by atoms with Crippen LogP contribution in [0.15, 0.2) is 48.8 Å². The molecule has 5 heteroatoms. The highest BCUT2D eigenvalue weighted by Crippen LogP contribution is 2.17. The van der Waals surface area contributed by atoms with Crippen LogP contribution in [0.4, 0.5) is 5.69 Å². The van der Waals surface area contributed by atoms with E-state index in [0.717, 1.165) is 11.3 Å². The van der Waals surface area contributed by atoms with Gasteiger partial charge in [0.15, 0.2) is 0 Å². The maximum Gasteiger partial charge on any atom is 0.255 e. The molecule has 0 saturated carbocycles. The number of nitrogens with one attached hydrogen (secondary N) is 1. The third-order valence-electron chi connectivity index (χ3n) is 3.15. The Morgan fingerprint density at radius 2 is 2.10 bits per heavy atom. The van der Waals surface area contributed by atoms with Crippen molar-refractivity contribution in [2.24, 2.45) is 0 Å². The minimum Gasteiger partial charge on any atom is -0.395 e. The highest BCUT2D eigenvalue weighted by atomic mass is 16.3. The molecule has 0 aliphatic rings. The van der Waals surface area contributed by atoms with Crippen molar-refractivity contribution >= 4 is 11.6 Å². The van der Waals surface area contributed by atoms with Gasteiger partial charge in [-0.3, -0.25) is 9.78 Å². The van der Waals surface area contributed by atoms with E-state index in [4.69, 9.17) is 5.11 Å². The van der Waals surface area contributed by atoms with Crippen molar-refractivity contribution in [2.45, 2.75) is 6.54 Å². The summed E-state index contributed by atoms with van der Waals surface area (Å²) in [5.41, 5.74) is 2.41. The molecule has 2 rings (SSSR count). The summed E-state index contributed by atoms with van der Waals surface area (Å²) in [5.74, 6) is -0.113. The van der Waals surface area contributed by atoms with E-state index in [2.05, 4.69) is 10.3 Å². The van der Waals surface area contributed by atoms with Crippen LogP contribution >= 0.6 is 0 Å². The lowest BCUT2D eigenvalue weighted by Crippen LogP contribution is -2.30. The molecule has 0 atom stereocenters. The lowest BCUT2D eigenvalue weighted by Gasteiger charge is -2.18. The molecule has 0 spiro atoms. The molecule has 0 aliphatic heterocycles. The van der Waals surface area contributed by atoms with E-state index in [0.29, 0.717) is 18.7 Å². The number of pyridine rings is 1. The zero-order valence-corrected chi connectivity index (χ0v) is 12.0. The number of hydrogen-bond acceptors (Lipinski definition) is 4. The van der Waals surface area contributed by atoms with E-state index in [9.17, 15) is 4.79 Å². The van der Waals surface area contributed by atoms with Gasteiger partial charge in [-0.1, -0.05) is 18.2 Å². The first-order valence-electron chi connectivity index (χ1n) is 6.80. The summed E-state index contributed by atoms with van der Waals surface area (Å²) in [6.07, 6.45) is 3.51. The van der Waals surface area contributed by atoms with Crippen LogP contribution < -0.4 is 5.32 Å². The maximum absolute atomic E-state index is 12.3. The van der Waals surface area contributed by atoms with Gasteiger partial charge in [0, 0.05) is 38.2 Å². The summed E-state index contributed by atoms with van der Waals surface area (Å²) in [4.78, 5) is 17.9. The molecule has 0 aliphatic carbocycles. The fraction of sp³-hybridized carbons (Fsp3) is 0.250. The number of carbonyl (C=O) groups is 1. The molecule has 110 valence electrons. The van der Waals surface area contributed by atoms with Crippen molar-refractivity contribution in [2.75, 3.05) is 25.5 Å². The number of likely N-dealkylation sites (N-methyl/N-ethyl adjacent to an activating group) is 1. The van der Waals surface area contributed by atoms with Crippen molar-refractivity contribution in [3.63, 3.8) is 0 Å². The van der Waals surface area contributed by atoms with Gasteiger partial charge in [-0.2, -0.15) is 0 Å². The van der Waals surface area contributed by atoms with E-state index in [1.807, 2.05) is 30.3 Å². The molecule has 1 amide bonds. The normalized spacial score (nSPS) is 10.2. The van der Waals surface area contributed by atoms with Gasteiger partial charge in [0.2, 0.25) is 0 Å². The Kier molecular flexibility index (Phi) is 5.29. The van der Waals surface area contributed by atoms with Gasteiger partial charge >= 0.3 is 0 Å². The minimum atomic E-state index is -0.113. The van der Waals surface area contributed by atoms with Crippen LogP contribution in [0, 0.1) is 0 Å². The second-order valence-corrected chi connectivity index (χ2v) is 4.71. The molecule has 1 heterocycles. The van der Waals surface area contributed by atoms with Crippen molar-refractivity contribution in [3.8, 4) is 0 Å². The molecule has 5 nitrogen and oxygen atoms in total. The Morgan fingerprint density at radius 1 is 1.29 bits per heavy atom. The number of rotatable bonds is 6. The number of nitrogens with zero attached hydrogens (tertiary/aromatic N) is 2. The molecular formula is C16H19N3O2. The molecule has 21 heavy (non-hydrogen) atoms. The largest absolute Gasteiger partial charge is 0.395 e. The number of aliphatic hydroxyl groups excluding tert-OH is 1. The van der Waals surface area contributed by atoms with Crippen molar-refractivity contribution in [1.29, 1.82) is 0 Å². The van der Waals surface area contributed by atoms with E-state index < -0.39 is 0 Å². The van der Waals surface area contributed by atoms with Gasteiger partial charge in [0.05, 0.1) is 12.2 Å². The summed E-state index contributed by atoms with van der Waals surface area (Å²) in [5, 5.41) is 12.2. The van der Waals surface area contributed by atoms with Gasteiger partial charge < -0.3 is 15.3 Å². The first-order chi connectivity index (χ1) is 10.2. The Labute approximate surface area is 124 Å². The van der Waals surface area contributed by atoms with Crippen LogP contribution in [0.1, 0.15) is 15.9 Å². The average molecular weight is 285 g/mol. The SMILES string of the molecule is CN(CCO)C(=O)c1ccccc1NCc1cccnc1. The zero-order valence-electron chi connectivity index (χ0n) is 12.0. The summed E-state index contributed by atoms with van der Waals surface area (Å²) in [6.45, 7) is 0.866. The minimum absolute atomic E-state index is 0.0481. The van der Waals surface area contributed by atoms with Gasteiger partial charge in [-0.25, -0.2) is 0 Å². The predicted octanol–water partition coefficient (Wildman–Crippen LogP) is 1.76. The number of aliphatic hydroxyl groups is 1. The summed E-state index contributed by atoms with van der Waals surface area (Å²) >= 11 is 0. The van der Waals surface area contributed by atoms with E-state index in [1.54, 1.807) is 25.5 Å². The number of anilines is 1. The zero-order chi connectivity index (χ0) is 15.1. The quantitative estimate of drug-likeness (QED) is 0.849. The van der Waals surface area contributed by atoms with Gasteiger partial charge in [-0.05, 0) is 23.8 Å². The molecule has 2 aromatic rings. The van der Waals surface area contributed by atoms with Crippen LogP contribution in [0.25, 0.3) is 0 Å². The van der Waals surface area contributed by atoms with Crippen molar-refractivity contribution in [1.82, 2.24) is 9.88 Å². The fourth-order valence-corrected chi connectivity index (χ4v) is 1.98. The maximum atomic E-state index is 12.3.